The maximum absolute atomic E-state index is 10.4. The molecule has 0 spiro atoms. The first kappa shape index (κ1) is 8.65. The van der Waals surface area contributed by atoms with E-state index in [0.717, 1.165) is 0 Å². The Morgan fingerprint density at radius 1 is 1.89 bits per heavy atom. The lowest BCUT2D eigenvalue weighted by atomic mass is 10.6. The molecule has 52 valence electrons. The van der Waals surface area contributed by atoms with Gasteiger partial charge in [-0.15, -0.1) is 0 Å². The van der Waals surface area contributed by atoms with Gasteiger partial charge in [-0.25, -0.2) is 4.79 Å². The molecule has 0 saturated heterocycles. The highest BCUT2D eigenvalue weighted by molar-refractivity contribution is 9.12. The van der Waals surface area contributed by atoms with Crippen molar-refractivity contribution in [2.45, 2.75) is 13.2 Å². The topological polar surface area (TPSA) is 46.5 Å². The molecule has 1 unspecified atom stereocenters. The van der Waals surface area contributed by atoms with Crippen LogP contribution in [0.5, 0.6) is 0 Å². The van der Waals surface area contributed by atoms with Crippen molar-refractivity contribution in [2.75, 3.05) is 0 Å². The van der Waals surface area contributed by atoms with Crippen LogP contribution in [0.3, 0.4) is 0 Å². The maximum Gasteiger partial charge on any atom is 0.346 e. The highest BCUT2D eigenvalue weighted by atomic mass is 79.9. The predicted molar refractivity (Wildman–Crippen MR) is 35.8 cm³/mol. The molecule has 0 fully saturated rings. The van der Waals surface area contributed by atoms with Crippen LogP contribution in [0.25, 0.3) is 0 Å². The van der Waals surface area contributed by atoms with Gasteiger partial charge >= 0.3 is 5.97 Å². The van der Waals surface area contributed by atoms with Crippen molar-refractivity contribution >= 4 is 21.9 Å². The van der Waals surface area contributed by atoms with Gasteiger partial charge in [-0.1, -0.05) is 6.58 Å². The van der Waals surface area contributed by atoms with Gasteiger partial charge in [0.1, 0.15) is 0 Å². The zero-order valence-corrected chi connectivity index (χ0v) is 6.51. The Labute approximate surface area is 61.4 Å². The summed E-state index contributed by atoms with van der Waals surface area (Å²) in [5, 5.41) is 8.47. The van der Waals surface area contributed by atoms with E-state index in [-0.39, 0.29) is 4.48 Å². The lowest BCUT2D eigenvalue weighted by molar-refractivity contribution is -0.158. The van der Waals surface area contributed by atoms with Crippen LogP contribution in [0.4, 0.5) is 0 Å². The number of rotatable bonds is 2. The van der Waals surface area contributed by atoms with Crippen molar-refractivity contribution in [3.63, 3.8) is 0 Å². The minimum Gasteiger partial charge on any atom is -0.432 e. The summed E-state index contributed by atoms with van der Waals surface area (Å²) >= 11 is 2.79. The van der Waals surface area contributed by atoms with Crippen LogP contribution < -0.4 is 0 Å². The summed E-state index contributed by atoms with van der Waals surface area (Å²) in [5.41, 5.74) is 0. The Bertz CT molecular complexity index is 130. The normalized spacial score (nSPS) is 12.3. The zero-order chi connectivity index (χ0) is 7.44. The first-order valence-electron chi connectivity index (χ1n) is 2.27. The molecule has 1 N–H and O–H groups in total. The Kier molecular flexibility index (Phi) is 3.49. The van der Waals surface area contributed by atoms with E-state index in [1.54, 1.807) is 0 Å². The Balaban J connectivity index is 3.65. The van der Waals surface area contributed by atoms with Crippen molar-refractivity contribution in [1.29, 1.82) is 0 Å². The molecule has 3 nitrogen and oxygen atoms in total. The molecule has 0 saturated carbocycles. The molecule has 9 heavy (non-hydrogen) atoms. The maximum atomic E-state index is 10.4. The molecular weight excluding hydrogens is 188 g/mol. The van der Waals surface area contributed by atoms with Gasteiger partial charge in [-0.3, -0.25) is 0 Å². The molecule has 0 aliphatic heterocycles. The van der Waals surface area contributed by atoms with Crippen LogP contribution >= 0.6 is 15.9 Å². The molecule has 4 heteroatoms. The third-order valence-electron chi connectivity index (χ3n) is 0.499. The number of hydrogen-bond acceptors (Lipinski definition) is 3. The third-order valence-corrected chi connectivity index (χ3v) is 0.823. The van der Waals surface area contributed by atoms with Crippen molar-refractivity contribution in [3.8, 4) is 0 Å². The number of aliphatic hydroxyl groups is 1. The van der Waals surface area contributed by atoms with Crippen LogP contribution in [-0.4, -0.2) is 17.4 Å². The van der Waals surface area contributed by atoms with E-state index in [2.05, 4.69) is 27.2 Å². The predicted octanol–water partition coefficient (Wildman–Crippen LogP) is 0.776. The summed E-state index contributed by atoms with van der Waals surface area (Å²) in [6, 6.07) is 0. The number of carbonyl (C=O) groups excluding carboxylic acids is 1. The largest absolute Gasteiger partial charge is 0.432 e. The van der Waals surface area contributed by atoms with E-state index in [1.165, 1.54) is 6.92 Å². The molecule has 0 aliphatic rings. The van der Waals surface area contributed by atoms with Gasteiger partial charge in [-0.2, -0.15) is 0 Å². The van der Waals surface area contributed by atoms with Gasteiger partial charge in [0.15, 0.2) is 6.29 Å². The quantitative estimate of drug-likeness (QED) is 0.402. The molecule has 1 atom stereocenters. The highest BCUT2D eigenvalue weighted by Crippen LogP contribution is 2.03. The number of esters is 1. The molecule has 0 rings (SSSR count). The van der Waals surface area contributed by atoms with E-state index in [4.69, 9.17) is 5.11 Å². The average Bonchev–Trinajstić information content (AvgIpc) is 1.63. The second-order valence-electron chi connectivity index (χ2n) is 1.41. The van der Waals surface area contributed by atoms with Crippen LogP contribution in [0.1, 0.15) is 6.92 Å². The number of aliphatic hydroxyl groups excluding tert-OH is 1. The Morgan fingerprint density at radius 3 is 2.44 bits per heavy atom. The SMILES string of the molecule is C=C(Br)C(=O)OC(C)O. The lowest BCUT2D eigenvalue weighted by Gasteiger charge is -2.03. The van der Waals surface area contributed by atoms with Crippen molar-refractivity contribution in [1.82, 2.24) is 0 Å². The molecule has 0 aromatic carbocycles. The second kappa shape index (κ2) is 3.63. The average molecular weight is 195 g/mol. The van der Waals surface area contributed by atoms with Gasteiger partial charge < -0.3 is 9.84 Å². The summed E-state index contributed by atoms with van der Waals surface area (Å²) < 4.78 is 4.38. The summed E-state index contributed by atoms with van der Waals surface area (Å²) in [5.74, 6) is -0.648. The van der Waals surface area contributed by atoms with E-state index in [0.29, 0.717) is 0 Å². The molecular formula is C5H7BrO3. The molecule has 0 aliphatic carbocycles. The fourth-order valence-electron chi connectivity index (χ4n) is 0.219. The fourth-order valence-corrected chi connectivity index (χ4v) is 0.312. The Hall–Kier alpha value is -0.350. The van der Waals surface area contributed by atoms with Crippen LogP contribution in [-0.2, 0) is 9.53 Å². The van der Waals surface area contributed by atoms with Crippen molar-refractivity contribution < 1.29 is 14.6 Å². The van der Waals surface area contributed by atoms with Crippen molar-refractivity contribution in [2.24, 2.45) is 0 Å². The number of halogens is 1. The van der Waals surface area contributed by atoms with Gasteiger partial charge in [0.05, 0.1) is 4.48 Å². The molecule has 0 radical (unpaired) electrons. The monoisotopic (exact) mass is 194 g/mol. The number of carbonyl (C=O) groups is 1. The lowest BCUT2D eigenvalue weighted by Crippen LogP contribution is -2.12. The van der Waals surface area contributed by atoms with Crippen LogP contribution in [0, 0.1) is 0 Å². The van der Waals surface area contributed by atoms with Crippen LogP contribution in [0.15, 0.2) is 11.1 Å². The standard InChI is InChI=1S/C5H7BrO3/c1-3(6)5(8)9-4(2)7/h4,7H,1H2,2H3. The molecule has 0 aromatic heterocycles. The minimum atomic E-state index is -1.08. The third kappa shape index (κ3) is 4.17. The summed E-state index contributed by atoms with van der Waals surface area (Å²) in [6.45, 7) is 4.58. The minimum absolute atomic E-state index is 0.100. The highest BCUT2D eigenvalue weighted by Gasteiger charge is 2.06. The number of hydrogen-bond donors (Lipinski definition) is 1. The van der Waals surface area contributed by atoms with Crippen LogP contribution in [0.2, 0.25) is 0 Å². The van der Waals surface area contributed by atoms with Gasteiger partial charge in [-0.05, 0) is 22.9 Å². The second-order valence-corrected chi connectivity index (χ2v) is 2.37. The first-order chi connectivity index (χ1) is 4.04. The van der Waals surface area contributed by atoms with E-state index < -0.39 is 12.3 Å². The van der Waals surface area contributed by atoms with E-state index in [9.17, 15) is 4.79 Å². The van der Waals surface area contributed by atoms with E-state index in [1.807, 2.05) is 0 Å². The van der Waals surface area contributed by atoms with E-state index >= 15 is 0 Å². The number of ether oxygens (including phenoxy) is 1. The molecule has 0 bridgehead atoms. The summed E-state index contributed by atoms with van der Waals surface area (Å²) in [7, 11) is 0. The molecule has 0 aromatic rings. The first-order valence-corrected chi connectivity index (χ1v) is 3.07. The van der Waals surface area contributed by atoms with Crippen molar-refractivity contribution in [3.05, 3.63) is 11.1 Å². The Morgan fingerprint density at radius 2 is 2.33 bits per heavy atom. The fraction of sp³-hybridized carbons (Fsp3) is 0.400. The summed E-state index contributed by atoms with van der Waals surface area (Å²) in [4.78, 5) is 10.4. The summed E-state index contributed by atoms with van der Waals surface area (Å²) in [6.07, 6.45) is -1.08. The van der Waals surface area contributed by atoms with Gasteiger partial charge in [0.2, 0.25) is 0 Å². The molecule has 0 heterocycles. The van der Waals surface area contributed by atoms with Gasteiger partial charge in [0, 0.05) is 0 Å². The smallest absolute Gasteiger partial charge is 0.346 e. The zero-order valence-electron chi connectivity index (χ0n) is 4.93. The van der Waals surface area contributed by atoms with Gasteiger partial charge in [0.25, 0.3) is 0 Å². The molecule has 0 amide bonds.